The molecule has 0 atom stereocenters. The van der Waals surface area contributed by atoms with Gasteiger partial charge in [0, 0.05) is 23.6 Å². The number of benzene rings is 3. The van der Waals surface area contributed by atoms with Gasteiger partial charge in [-0.1, -0.05) is 66.7 Å². The Bertz CT molecular complexity index is 1360. The van der Waals surface area contributed by atoms with Gasteiger partial charge >= 0.3 is 0 Å². The lowest BCUT2D eigenvalue weighted by Gasteiger charge is -2.13. The van der Waals surface area contributed by atoms with Gasteiger partial charge in [0.2, 0.25) is 0 Å². The number of rotatable bonds is 8. The highest BCUT2D eigenvalue weighted by molar-refractivity contribution is 6.15. The van der Waals surface area contributed by atoms with Crippen LogP contribution < -0.4 is 10.9 Å². The summed E-state index contributed by atoms with van der Waals surface area (Å²) >= 11 is 0. The Kier molecular flexibility index (Phi) is 6.71. The molecule has 0 saturated carbocycles. The van der Waals surface area contributed by atoms with Gasteiger partial charge in [-0.3, -0.25) is 14.4 Å². The second-order valence-electron chi connectivity index (χ2n) is 7.44. The average molecular weight is 441 g/mol. The van der Waals surface area contributed by atoms with E-state index in [4.69, 9.17) is 4.74 Å². The molecule has 0 aliphatic heterocycles. The molecule has 0 fully saturated rings. The smallest absolute Gasteiger partial charge is 0.274 e. The van der Waals surface area contributed by atoms with E-state index in [1.54, 1.807) is 73.8 Å². The van der Waals surface area contributed by atoms with Gasteiger partial charge < -0.3 is 10.1 Å². The largest absolute Gasteiger partial charge is 0.383 e. The summed E-state index contributed by atoms with van der Waals surface area (Å²) in [6, 6.07) is 22.7. The monoisotopic (exact) mass is 441 g/mol. The molecule has 0 spiro atoms. The van der Waals surface area contributed by atoms with E-state index in [-0.39, 0.29) is 23.5 Å². The number of ether oxygens (including phenoxy) is 1. The number of carbonyl (C=O) groups excluding carboxylic acids is 2. The molecule has 7 heteroatoms. The summed E-state index contributed by atoms with van der Waals surface area (Å²) in [5.41, 5.74) is 1.46. The lowest BCUT2D eigenvalue weighted by atomic mass is 9.98. The van der Waals surface area contributed by atoms with Crippen molar-refractivity contribution < 1.29 is 14.3 Å². The number of fused-ring (bicyclic) bond motifs is 1. The third-order valence-electron chi connectivity index (χ3n) is 5.32. The summed E-state index contributed by atoms with van der Waals surface area (Å²) in [7, 11) is 1.56. The van der Waals surface area contributed by atoms with E-state index in [1.807, 2.05) is 12.1 Å². The first kappa shape index (κ1) is 22.1. The predicted octanol–water partition coefficient (Wildman–Crippen LogP) is 3.20. The van der Waals surface area contributed by atoms with Gasteiger partial charge in [-0.25, -0.2) is 4.68 Å². The van der Waals surface area contributed by atoms with Crippen LogP contribution in [0.5, 0.6) is 0 Å². The molecule has 4 aromatic rings. The third-order valence-corrected chi connectivity index (χ3v) is 5.32. The Morgan fingerprint density at radius 2 is 1.52 bits per heavy atom. The molecule has 0 unspecified atom stereocenters. The molecule has 0 aliphatic carbocycles. The first-order valence-corrected chi connectivity index (χ1v) is 10.5. The molecule has 166 valence electrons. The topological polar surface area (TPSA) is 90.3 Å². The van der Waals surface area contributed by atoms with Crippen molar-refractivity contribution >= 4 is 22.5 Å². The van der Waals surface area contributed by atoms with Gasteiger partial charge in [-0.15, -0.1) is 0 Å². The molecular formula is C26H23N3O4. The van der Waals surface area contributed by atoms with Crippen molar-refractivity contribution in [2.45, 2.75) is 13.1 Å². The Balaban J connectivity index is 1.62. The number of nitrogens with one attached hydrogen (secondary N) is 1. The summed E-state index contributed by atoms with van der Waals surface area (Å²) < 4.78 is 6.43. The normalized spacial score (nSPS) is 10.8. The van der Waals surface area contributed by atoms with E-state index >= 15 is 0 Å². The van der Waals surface area contributed by atoms with E-state index in [2.05, 4.69) is 10.4 Å². The maximum Gasteiger partial charge on any atom is 0.274 e. The molecular weight excluding hydrogens is 418 g/mol. The van der Waals surface area contributed by atoms with E-state index in [0.717, 1.165) is 0 Å². The zero-order chi connectivity index (χ0) is 23.2. The third kappa shape index (κ3) is 4.73. The zero-order valence-electron chi connectivity index (χ0n) is 18.2. The van der Waals surface area contributed by atoms with Crippen LogP contribution in [0.25, 0.3) is 10.8 Å². The zero-order valence-corrected chi connectivity index (χ0v) is 18.2. The van der Waals surface area contributed by atoms with E-state index < -0.39 is 5.91 Å². The molecule has 7 nitrogen and oxygen atoms in total. The Morgan fingerprint density at radius 3 is 2.24 bits per heavy atom. The minimum Gasteiger partial charge on any atom is -0.383 e. The van der Waals surface area contributed by atoms with E-state index in [0.29, 0.717) is 40.7 Å². The van der Waals surface area contributed by atoms with Crippen LogP contribution in [0, 0.1) is 0 Å². The minimum atomic E-state index is -0.393. The predicted molar refractivity (Wildman–Crippen MR) is 125 cm³/mol. The van der Waals surface area contributed by atoms with Crippen LogP contribution in [0.3, 0.4) is 0 Å². The number of hydrogen-bond donors (Lipinski definition) is 1. The van der Waals surface area contributed by atoms with Crippen LogP contribution in [0.2, 0.25) is 0 Å². The number of carbonyl (C=O) groups is 2. The molecule has 1 N–H and O–H groups in total. The number of hydrogen-bond acceptors (Lipinski definition) is 5. The molecule has 0 saturated heterocycles. The van der Waals surface area contributed by atoms with Gasteiger partial charge in [-0.2, -0.15) is 5.10 Å². The molecule has 1 amide bonds. The molecule has 1 aromatic heterocycles. The highest BCUT2D eigenvalue weighted by Crippen LogP contribution is 2.16. The van der Waals surface area contributed by atoms with Crippen LogP contribution in [-0.2, 0) is 17.8 Å². The Morgan fingerprint density at radius 1 is 0.879 bits per heavy atom. The number of amides is 1. The second-order valence-corrected chi connectivity index (χ2v) is 7.44. The van der Waals surface area contributed by atoms with Crippen molar-refractivity contribution in [2.75, 3.05) is 13.7 Å². The SMILES string of the molecule is COCCn1nc(CNC(=O)c2ccccc2C(=O)c2ccccc2)c2ccccc2c1=O. The lowest BCUT2D eigenvalue weighted by Crippen LogP contribution is -2.30. The van der Waals surface area contributed by atoms with Crippen LogP contribution in [0.1, 0.15) is 32.0 Å². The van der Waals surface area contributed by atoms with Crippen molar-refractivity contribution in [1.29, 1.82) is 0 Å². The summed E-state index contributed by atoms with van der Waals surface area (Å²) in [5, 5.41) is 8.50. The second kappa shape index (κ2) is 10.0. The summed E-state index contributed by atoms with van der Waals surface area (Å²) in [5.74, 6) is -0.617. The fourth-order valence-corrected chi connectivity index (χ4v) is 3.65. The quantitative estimate of drug-likeness (QED) is 0.424. The van der Waals surface area contributed by atoms with Gasteiger partial charge in [0.1, 0.15) is 0 Å². The first-order chi connectivity index (χ1) is 16.1. The standard InChI is InChI=1S/C26H23N3O4/c1-33-16-15-29-26(32)22-14-8-5-11-19(22)23(28-29)17-27-25(31)21-13-7-6-12-20(21)24(30)18-9-3-2-4-10-18/h2-14H,15-17H2,1H3,(H,27,31). The highest BCUT2D eigenvalue weighted by Gasteiger charge is 2.18. The number of nitrogens with zero attached hydrogens (tertiary/aromatic N) is 2. The molecule has 1 heterocycles. The number of aromatic nitrogens is 2. The lowest BCUT2D eigenvalue weighted by molar-refractivity contribution is 0.0939. The van der Waals surface area contributed by atoms with Gasteiger partial charge in [0.15, 0.2) is 5.78 Å². The summed E-state index contributed by atoms with van der Waals surface area (Å²) in [4.78, 5) is 38.7. The highest BCUT2D eigenvalue weighted by atomic mass is 16.5. The maximum absolute atomic E-state index is 13.1. The molecule has 4 rings (SSSR count). The van der Waals surface area contributed by atoms with Gasteiger partial charge in [0.05, 0.1) is 36.3 Å². The van der Waals surface area contributed by atoms with Crippen molar-refractivity contribution in [3.05, 3.63) is 112 Å². The van der Waals surface area contributed by atoms with Gasteiger partial charge in [-0.05, 0) is 12.1 Å². The fourth-order valence-electron chi connectivity index (χ4n) is 3.65. The van der Waals surface area contributed by atoms with Crippen molar-refractivity contribution in [2.24, 2.45) is 0 Å². The van der Waals surface area contributed by atoms with Crippen molar-refractivity contribution in [3.63, 3.8) is 0 Å². The molecule has 3 aromatic carbocycles. The molecule has 0 bridgehead atoms. The Hall–Kier alpha value is -4.10. The molecule has 33 heavy (non-hydrogen) atoms. The van der Waals surface area contributed by atoms with Crippen molar-refractivity contribution in [1.82, 2.24) is 15.1 Å². The summed E-state index contributed by atoms with van der Waals surface area (Å²) in [6.45, 7) is 0.738. The van der Waals surface area contributed by atoms with Crippen LogP contribution in [-0.4, -0.2) is 35.2 Å². The van der Waals surface area contributed by atoms with Gasteiger partial charge in [0.25, 0.3) is 11.5 Å². The number of methoxy groups -OCH3 is 1. The van der Waals surface area contributed by atoms with Crippen LogP contribution in [0.15, 0.2) is 83.7 Å². The van der Waals surface area contributed by atoms with Crippen LogP contribution in [0.4, 0.5) is 0 Å². The first-order valence-electron chi connectivity index (χ1n) is 10.5. The summed E-state index contributed by atoms with van der Waals surface area (Å²) in [6.07, 6.45) is 0. The fraction of sp³-hybridized carbons (Fsp3) is 0.154. The average Bonchev–Trinajstić information content (AvgIpc) is 2.87. The van der Waals surface area contributed by atoms with E-state index in [1.165, 1.54) is 4.68 Å². The number of ketones is 1. The van der Waals surface area contributed by atoms with Crippen molar-refractivity contribution in [3.8, 4) is 0 Å². The Labute approximate surface area is 190 Å². The van der Waals surface area contributed by atoms with E-state index in [9.17, 15) is 14.4 Å². The maximum atomic E-state index is 13.1. The molecule has 0 aliphatic rings. The molecule has 0 radical (unpaired) electrons. The minimum absolute atomic E-state index is 0.0977. The van der Waals surface area contributed by atoms with Crippen LogP contribution >= 0.6 is 0 Å².